The molecule has 2 aromatic carbocycles. The van der Waals surface area contributed by atoms with E-state index in [1.807, 2.05) is 44.2 Å². The van der Waals surface area contributed by atoms with Gasteiger partial charge in [-0.3, -0.25) is 4.79 Å². The number of hydrogen-bond acceptors (Lipinski definition) is 7. The minimum absolute atomic E-state index is 0.213. The fourth-order valence-corrected chi connectivity index (χ4v) is 5.16. The molecule has 0 fully saturated rings. The Labute approximate surface area is 213 Å². The van der Waals surface area contributed by atoms with E-state index in [2.05, 4.69) is 5.32 Å². The van der Waals surface area contributed by atoms with Crippen molar-refractivity contribution in [1.82, 2.24) is 5.32 Å². The van der Waals surface area contributed by atoms with Gasteiger partial charge in [-0.2, -0.15) is 11.8 Å². The number of aryl methyl sites for hydroxylation is 2. The highest BCUT2D eigenvalue weighted by Gasteiger charge is 2.30. The number of benzene rings is 2. The van der Waals surface area contributed by atoms with E-state index in [9.17, 15) is 19.5 Å². The van der Waals surface area contributed by atoms with Gasteiger partial charge in [0, 0.05) is 29.2 Å². The van der Waals surface area contributed by atoms with E-state index in [4.69, 9.17) is 13.9 Å². The lowest BCUT2D eigenvalue weighted by Crippen LogP contribution is -2.44. The van der Waals surface area contributed by atoms with Gasteiger partial charge in [0.1, 0.15) is 28.7 Å². The van der Waals surface area contributed by atoms with Crippen LogP contribution in [0.15, 0.2) is 51.7 Å². The Bertz CT molecular complexity index is 1330. The molecule has 190 valence electrons. The number of rotatable bonds is 9. The first-order valence-corrected chi connectivity index (χ1v) is 12.8. The molecule has 1 aliphatic heterocycles. The topological polar surface area (TPSA) is 115 Å². The average Bonchev–Trinajstić information content (AvgIpc) is 2.81. The normalized spacial score (nSPS) is 15.0. The standard InChI is InChI=1S/C27H29NO7S/c1-16-11-23(30)34-25-18-9-10-27(2,3)35-20(18)12-21(24(16)25)33-13-22(29)28-19(26(31)32)15-36-14-17-7-5-4-6-8-17/h4-8,11-12,19H,9-10,13-15H2,1-3H3,(H,28,29)(H,31,32). The highest BCUT2D eigenvalue weighted by atomic mass is 32.2. The fourth-order valence-electron chi connectivity index (χ4n) is 4.16. The van der Waals surface area contributed by atoms with E-state index in [-0.39, 0.29) is 5.75 Å². The molecule has 2 N–H and O–H groups in total. The maximum Gasteiger partial charge on any atom is 0.336 e. The van der Waals surface area contributed by atoms with Crippen LogP contribution in [-0.2, 0) is 21.8 Å². The Morgan fingerprint density at radius 2 is 1.97 bits per heavy atom. The lowest BCUT2D eigenvalue weighted by Gasteiger charge is -2.33. The lowest BCUT2D eigenvalue weighted by molar-refractivity contribution is -0.141. The zero-order valence-electron chi connectivity index (χ0n) is 20.5. The monoisotopic (exact) mass is 511 g/mol. The van der Waals surface area contributed by atoms with E-state index in [0.717, 1.165) is 17.5 Å². The van der Waals surface area contributed by atoms with Crippen molar-refractivity contribution in [3.63, 3.8) is 0 Å². The van der Waals surface area contributed by atoms with Crippen molar-refractivity contribution in [3.8, 4) is 11.5 Å². The third-order valence-electron chi connectivity index (χ3n) is 5.99. The molecule has 4 rings (SSSR count). The molecule has 36 heavy (non-hydrogen) atoms. The smallest absolute Gasteiger partial charge is 0.336 e. The minimum Gasteiger partial charge on any atom is -0.487 e. The number of carboxylic acid groups (broad SMARTS) is 1. The molecule has 0 radical (unpaired) electrons. The van der Waals surface area contributed by atoms with Gasteiger partial charge in [-0.15, -0.1) is 0 Å². The summed E-state index contributed by atoms with van der Waals surface area (Å²) >= 11 is 1.42. The van der Waals surface area contributed by atoms with Crippen LogP contribution in [0.25, 0.3) is 11.0 Å². The van der Waals surface area contributed by atoms with Crippen LogP contribution in [-0.4, -0.2) is 41.0 Å². The molecule has 1 atom stereocenters. The number of amides is 1. The van der Waals surface area contributed by atoms with Crippen LogP contribution in [0.4, 0.5) is 0 Å². The van der Waals surface area contributed by atoms with E-state index in [0.29, 0.717) is 40.2 Å². The predicted molar refractivity (Wildman–Crippen MR) is 138 cm³/mol. The summed E-state index contributed by atoms with van der Waals surface area (Å²) in [6.07, 6.45) is 1.43. The summed E-state index contributed by atoms with van der Waals surface area (Å²) in [5.41, 5.74) is 2.05. The Kier molecular flexibility index (Phi) is 7.59. The summed E-state index contributed by atoms with van der Waals surface area (Å²) in [6.45, 7) is 5.32. The van der Waals surface area contributed by atoms with Gasteiger partial charge in [-0.1, -0.05) is 30.3 Å². The molecule has 1 aromatic heterocycles. The molecule has 8 nitrogen and oxygen atoms in total. The molecular weight excluding hydrogens is 482 g/mol. The van der Waals surface area contributed by atoms with Gasteiger partial charge in [0.05, 0.1) is 5.39 Å². The maximum atomic E-state index is 12.6. The molecular formula is C27H29NO7S. The first-order chi connectivity index (χ1) is 17.1. The molecule has 0 aliphatic carbocycles. The largest absolute Gasteiger partial charge is 0.487 e. The summed E-state index contributed by atoms with van der Waals surface area (Å²) in [5, 5.41) is 12.7. The van der Waals surface area contributed by atoms with Gasteiger partial charge in [-0.25, -0.2) is 9.59 Å². The molecule has 1 aliphatic rings. The number of thioether (sulfide) groups is 1. The van der Waals surface area contributed by atoms with Crippen molar-refractivity contribution in [2.24, 2.45) is 0 Å². The zero-order valence-corrected chi connectivity index (χ0v) is 21.3. The molecule has 9 heteroatoms. The first kappa shape index (κ1) is 25.6. The van der Waals surface area contributed by atoms with Crippen molar-refractivity contribution in [3.05, 3.63) is 69.6 Å². The number of nitrogens with one attached hydrogen (secondary N) is 1. The van der Waals surface area contributed by atoms with E-state index in [1.165, 1.54) is 17.8 Å². The van der Waals surface area contributed by atoms with E-state index < -0.39 is 35.8 Å². The molecule has 0 saturated heterocycles. The number of carbonyl (C=O) groups excluding carboxylic acids is 1. The Hall–Kier alpha value is -3.46. The van der Waals surface area contributed by atoms with Crippen LogP contribution in [0.5, 0.6) is 11.5 Å². The molecule has 0 bridgehead atoms. The maximum absolute atomic E-state index is 12.6. The second-order valence-corrected chi connectivity index (χ2v) is 10.4. The van der Waals surface area contributed by atoms with Crippen LogP contribution < -0.4 is 20.4 Å². The number of carbonyl (C=O) groups is 2. The van der Waals surface area contributed by atoms with Crippen LogP contribution in [0, 0.1) is 6.92 Å². The van der Waals surface area contributed by atoms with Gasteiger partial charge in [0.25, 0.3) is 5.91 Å². The van der Waals surface area contributed by atoms with Gasteiger partial charge in [-0.05, 0) is 44.7 Å². The van der Waals surface area contributed by atoms with Crippen molar-refractivity contribution >= 4 is 34.6 Å². The summed E-state index contributed by atoms with van der Waals surface area (Å²) in [4.78, 5) is 36.4. The van der Waals surface area contributed by atoms with Crippen molar-refractivity contribution in [1.29, 1.82) is 0 Å². The van der Waals surface area contributed by atoms with Crippen LogP contribution in [0.2, 0.25) is 0 Å². The molecule has 1 unspecified atom stereocenters. The predicted octanol–water partition coefficient (Wildman–Crippen LogP) is 4.09. The molecule has 3 aromatic rings. The minimum atomic E-state index is -1.11. The van der Waals surface area contributed by atoms with Crippen LogP contribution in [0.3, 0.4) is 0 Å². The summed E-state index contributed by atoms with van der Waals surface area (Å²) < 4.78 is 17.5. The number of aliphatic carboxylic acids is 1. The zero-order chi connectivity index (χ0) is 25.9. The Balaban J connectivity index is 1.47. The van der Waals surface area contributed by atoms with Crippen molar-refractivity contribution in [2.75, 3.05) is 12.4 Å². The van der Waals surface area contributed by atoms with Gasteiger partial charge < -0.3 is 24.3 Å². The number of ether oxygens (including phenoxy) is 2. The highest BCUT2D eigenvalue weighted by molar-refractivity contribution is 7.98. The van der Waals surface area contributed by atoms with Crippen LogP contribution >= 0.6 is 11.8 Å². The Morgan fingerprint density at radius 1 is 1.22 bits per heavy atom. The molecule has 1 amide bonds. The lowest BCUT2D eigenvalue weighted by atomic mass is 9.92. The van der Waals surface area contributed by atoms with Crippen LogP contribution in [0.1, 0.15) is 37.0 Å². The molecule has 2 heterocycles. The van der Waals surface area contributed by atoms with Crippen molar-refractivity contribution in [2.45, 2.75) is 51.0 Å². The number of fused-ring (bicyclic) bond motifs is 3. The summed E-state index contributed by atoms with van der Waals surface area (Å²) in [5.74, 6) is 0.0530. The molecule has 0 spiro atoms. The number of hydrogen-bond donors (Lipinski definition) is 2. The number of carboxylic acids is 1. The van der Waals surface area contributed by atoms with Crippen molar-refractivity contribution < 1.29 is 28.6 Å². The van der Waals surface area contributed by atoms with Gasteiger partial charge >= 0.3 is 11.6 Å². The second kappa shape index (κ2) is 10.7. The summed E-state index contributed by atoms with van der Waals surface area (Å²) in [6, 6.07) is 11.7. The summed E-state index contributed by atoms with van der Waals surface area (Å²) in [7, 11) is 0. The average molecular weight is 512 g/mol. The van der Waals surface area contributed by atoms with Gasteiger partial charge in [0.15, 0.2) is 6.61 Å². The fraction of sp³-hybridized carbons (Fsp3) is 0.370. The first-order valence-electron chi connectivity index (χ1n) is 11.7. The van der Waals surface area contributed by atoms with E-state index in [1.54, 1.807) is 13.0 Å². The quantitative estimate of drug-likeness (QED) is 0.413. The third kappa shape index (κ3) is 6.02. The SMILES string of the molecule is Cc1cc(=O)oc2c3c(cc(OCC(=O)NC(CSCc4ccccc4)C(=O)O)c12)OC(C)(C)CC3. The second-order valence-electron chi connectivity index (χ2n) is 9.41. The van der Waals surface area contributed by atoms with E-state index >= 15 is 0 Å². The Morgan fingerprint density at radius 3 is 2.69 bits per heavy atom. The third-order valence-corrected chi connectivity index (χ3v) is 7.10. The van der Waals surface area contributed by atoms with Gasteiger partial charge in [0.2, 0.25) is 0 Å². The molecule has 0 saturated carbocycles. The highest BCUT2D eigenvalue weighted by Crippen LogP contribution is 2.42.